The number of benzene rings is 1. The van der Waals surface area contributed by atoms with E-state index < -0.39 is 15.9 Å². The van der Waals surface area contributed by atoms with Crippen LogP contribution in [0.4, 0.5) is 0 Å². The number of likely N-dealkylation sites (N-methyl/N-ethyl adjacent to an activating group) is 1. The van der Waals surface area contributed by atoms with Gasteiger partial charge in [-0.25, -0.2) is 12.7 Å². The lowest BCUT2D eigenvalue weighted by Gasteiger charge is -2.32. The molecule has 1 fully saturated rings. The minimum Gasteiger partial charge on any atom is -0.343 e. The summed E-state index contributed by atoms with van der Waals surface area (Å²) < 4.78 is 25.4. The molecule has 0 unspecified atom stereocenters. The van der Waals surface area contributed by atoms with Crippen molar-refractivity contribution in [3.63, 3.8) is 0 Å². The maximum atomic E-state index is 12.2. The second-order valence-electron chi connectivity index (χ2n) is 6.18. The third-order valence-corrected chi connectivity index (χ3v) is 5.94. The molecule has 138 valence electrons. The van der Waals surface area contributed by atoms with E-state index in [0.717, 1.165) is 17.4 Å². The Hall–Kier alpha value is -1.97. The van der Waals surface area contributed by atoms with Crippen molar-refractivity contribution in [1.29, 1.82) is 0 Å². The summed E-state index contributed by atoms with van der Waals surface area (Å²) in [5.41, 5.74) is 0.203. The number of carbonyl (C=O) groups excluding carboxylic acids is 2. The van der Waals surface area contributed by atoms with Crippen LogP contribution < -0.4 is 5.32 Å². The van der Waals surface area contributed by atoms with Gasteiger partial charge in [0.2, 0.25) is 15.9 Å². The Morgan fingerprint density at radius 1 is 1.16 bits per heavy atom. The van der Waals surface area contributed by atoms with Crippen LogP contribution in [-0.2, 0) is 14.8 Å². The first-order valence-electron chi connectivity index (χ1n) is 7.99. The number of nitrogens with one attached hydrogen (secondary N) is 1. The number of carbonyl (C=O) groups is 2. The average Bonchev–Trinajstić information content (AvgIpc) is 2.60. The Bertz CT molecular complexity index is 740. The van der Waals surface area contributed by atoms with Gasteiger partial charge in [0.1, 0.15) is 0 Å². The van der Waals surface area contributed by atoms with Gasteiger partial charge in [-0.15, -0.1) is 0 Å². The fourth-order valence-electron chi connectivity index (χ4n) is 2.43. The largest absolute Gasteiger partial charge is 0.343 e. The highest BCUT2D eigenvalue weighted by Gasteiger charge is 2.21. The summed E-state index contributed by atoms with van der Waals surface area (Å²) in [4.78, 5) is 28.3. The van der Waals surface area contributed by atoms with Gasteiger partial charge in [-0.1, -0.05) is 6.07 Å². The first-order chi connectivity index (χ1) is 11.7. The highest BCUT2D eigenvalue weighted by Crippen LogP contribution is 2.14. The maximum absolute atomic E-state index is 12.2. The number of amides is 2. The van der Waals surface area contributed by atoms with Crippen LogP contribution in [0, 0.1) is 0 Å². The minimum atomic E-state index is -3.61. The van der Waals surface area contributed by atoms with E-state index in [-0.39, 0.29) is 22.9 Å². The third kappa shape index (κ3) is 4.77. The molecule has 1 saturated heterocycles. The van der Waals surface area contributed by atoms with Gasteiger partial charge in [0.25, 0.3) is 5.91 Å². The molecule has 0 bridgehead atoms. The monoisotopic (exact) mass is 368 g/mol. The van der Waals surface area contributed by atoms with Crippen molar-refractivity contribution in [2.75, 3.05) is 53.9 Å². The lowest BCUT2D eigenvalue weighted by molar-refractivity contribution is -0.131. The summed E-state index contributed by atoms with van der Waals surface area (Å²) in [5.74, 6) is -0.614. The van der Waals surface area contributed by atoms with Crippen LogP contribution in [0.2, 0.25) is 0 Å². The van der Waals surface area contributed by atoms with Crippen molar-refractivity contribution in [3.05, 3.63) is 29.8 Å². The lowest BCUT2D eigenvalue weighted by Crippen LogP contribution is -2.50. The van der Waals surface area contributed by atoms with Crippen LogP contribution in [0.1, 0.15) is 10.4 Å². The SMILES string of the molecule is CN1CCN(C(=O)CNC(=O)c2cccc(S(=O)(=O)N(C)C)c2)CC1. The number of rotatable bonds is 5. The van der Waals surface area contributed by atoms with E-state index >= 15 is 0 Å². The molecule has 1 N–H and O–H groups in total. The first-order valence-corrected chi connectivity index (χ1v) is 9.43. The number of nitrogens with zero attached hydrogens (tertiary/aromatic N) is 3. The van der Waals surface area contributed by atoms with Gasteiger partial charge in [-0.2, -0.15) is 0 Å². The highest BCUT2D eigenvalue weighted by molar-refractivity contribution is 7.89. The molecule has 2 amide bonds. The van der Waals surface area contributed by atoms with E-state index in [1.54, 1.807) is 4.90 Å². The zero-order valence-corrected chi connectivity index (χ0v) is 15.5. The van der Waals surface area contributed by atoms with E-state index in [1.165, 1.54) is 38.4 Å². The van der Waals surface area contributed by atoms with Crippen molar-refractivity contribution in [1.82, 2.24) is 19.4 Å². The maximum Gasteiger partial charge on any atom is 0.251 e. The van der Waals surface area contributed by atoms with Gasteiger partial charge in [-0.3, -0.25) is 9.59 Å². The van der Waals surface area contributed by atoms with E-state index in [0.29, 0.717) is 13.1 Å². The minimum absolute atomic E-state index is 0.0375. The molecule has 25 heavy (non-hydrogen) atoms. The molecule has 0 atom stereocenters. The van der Waals surface area contributed by atoms with Crippen molar-refractivity contribution < 1.29 is 18.0 Å². The Labute approximate surface area is 148 Å². The topological polar surface area (TPSA) is 90.0 Å². The van der Waals surface area contributed by atoms with Gasteiger partial charge in [0, 0.05) is 45.8 Å². The van der Waals surface area contributed by atoms with Gasteiger partial charge in [0.15, 0.2) is 0 Å². The molecule has 0 aliphatic carbocycles. The quantitative estimate of drug-likeness (QED) is 0.753. The van der Waals surface area contributed by atoms with Crippen LogP contribution in [-0.4, -0.2) is 88.2 Å². The normalized spacial score (nSPS) is 16.1. The predicted octanol–water partition coefficient (Wildman–Crippen LogP) is -0.559. The van der Waals surface area contributed by atoms with Crippen LogP contribution in [0.25, 0.3) is 0 Å². The number of hydrogen-bond acceptors (Lipinski definition) is 5. The highest BCUT2D eigenvalue weighted by atomic mass is 32.2. The molecule has 8 nitrogen and oxygen atoms in total. The van der Waals surface area contributed by atoms with Crippen LogP contribution in [0.3, 0.4) is 0 Å². The number of sulfonamides is 1. The molecule has 0 saturated carbocycles. The van der Waals surface area contributed by atoms with Crippen molar-refractivity contribution in [2.45, 2.75) is 4.90 Å². The van der Waals surface area contributed by atoms with Crippen LogP contribution in [0.5, 0.6) is 0 Å². The second-order valence-corrected chi connectivity index (χ2v) is 8.33. The lowest BCUT2D eigenvalue weighted by atomic mass is 10.2. The van der Waals surface area contributed by atoms with Crippen molar-refractivity contribution in [3.8, 4) is 0 Å². The molecule has 0 spiro atoms. The summed E-state index contributed by atoms with van der Waals surface area (Å²) >= 11 is 0. The first kappa shape index (κ1) is 19.4. The van der Waals surface area contributed by atoms with Gasteiger partial charge in [-0.05, 0) is 25.2 Å². The Balaban J connectivity index is 1.98. The summed E-state index contributed by atoms with van der Waals surface area (Å²) in [5, 5.41) is 2.56. The van der Waals surface area contributed by atoms with Crippen molar-refractivity contribution in [2.24, 2.45) is 0 Å². The molecule has 1 aromatic carbocycles. The summed E-state index contributed by atoms with van der Waals surface area (Å²) in [7, 11) is 1.24. The Morgan fingerprint density at radius 2 is 1.80 bits per heavy atom. The molecule has 1 heterocycles. The molecular formula is C16H24N4O4S. The molecule has 0 radical (unpaired) electrons. The third-order valence-electron chi connectivity index (χ3n) is 4.13. The van der Waals surface area contributed by atoms with E-state index in [2.05, 4.69) is 10.2 Å². The smallest absolute Gasteiger partial charge is 0.251 e. The standard InChI is InChI=1S/C16H24N4O4S/c1-18(2)25(23,24)14-6-4-5-13(11-14)16(22)17-12-15(21)20-9-7-19(3)8-10-20/h4-6,11H,7-10,12H2,1-3H3,(H,17,22). The molecule has 1 aliphatic heterocycles. The Morgan fingerprint density at radius 3 is 2.40 bits per heavy atom. The number of hydrogen-bond donors (Lipinski definition) is 1. The number of piperazine rings is 1. The van der Waals surface area contributed by atoms with E-state index in [1.807, 2.05) is 7.05 Å². The van der Waals surface area contributed by atoms with Gasteiger partial charge >= 0.3 is 0 Å². The van der Waals surface area contributed by atoms with E-state index in [4.69, 9.17) is 0 Å². The molecule has 1 aliphatic rings. The molecular weight excluding hydrogens is 344 g/mol. The summed E-state index contributed by atoms with van der Waals surface area (Å²) in [6, 6.07) is 5.77. The van der Waals surface area contributed by atoms with E-state index in [9.17, 15) is 18.0 Å². The van der Waals surface area contributed by atoms with Crippen LogP contribution >= 0.6 is 0 Å². The fourth-order valence-corrected chi connectivity index (χ4v) is 3.38. The average molecular weight is 368 g/mol. The zero-order chi connectivity index (χ0) is 18.6. The van der Waals surface area contributed by atoms with Gasteiger partial charge < -0.3 is 15.1 Å². The second kappa shape index (κ2) is 7.94. The summed E-state index contributed by atoms with van der Waals surface area (Å²) in [6.45, 7) is 2.80. The van der Waals surface area contributed by atoms with Crippen LogP contribution in [0.15, 0.2) is 29.2 Å². The zero-order valence-electron chi connectivity index (χ0n) is 14.7. The fraction of sp³-hybridized carbons (Fsp3) is 0.500. The Kier molecular flexibility index (Phi) is 6.15. The molecule has 9 heteroatoms. The van der Waals surface area contributed by atoms with Gasteiger partial charge in [0.05, 0.1) is 11.4 Å². The molecule has 2 rings (SSSR count). The molecule has 0 aromatic heterocycles. The summed E-state index contributed by atoms with van der Waals surface area (Å²) in [6.07, 6.45) is 0. The predicted molar refractivity (Wildman–Crippen MR) is 93.7 cm³/mol. The molecule has 1 aromatic rings. The van der Waals surface area contributed by atoms with Crippen molar-refractivity contribution >= 4 is 21.8 Å².